The van der Waals surface area contributed by atoms with Crippen LogP contribution in [0.25, 0.3) is 0 Å². The van der Waals surface area contributed by atoms with Crippen molar-refractivity contribution in [2.45, 2.75) is 22.7 Å². The van der Waals surface area contributed by atoms with Gasteiger partial charge >= 0.3 is 0 Å². The molecule has 3 nitrogen and oxygen atoms in total. The molecule has 1 aliphatic heterocycles. The van der Waals surface area contributed by atoms with Crippen molar-refractivity contribution in [3.05, 3.63) is 60.2 Å². The van der Waals surface area contributed by atoms with Crippen molar-refractivity contribution in [3.8, 4) is 0 Å². The van der Waals surface area contributed by atoms with Crippen molar-refractivity contribution in [2.75, 3.05) is 4.31 Å². The number of anilines is 1. The quantitative estimate of drug-likeness (QED) is 0.773. The standard InChI is InChI=1S/C15H14BrNO2S/c1-11-15(16)13-9-5-6-10-14(13)17(11)20(18,19)12-7-3-2-4-8-12/h2-11,15H,1H3. The SMILES string of the molecule is CC1C(Br)c2ccccc2N1S(=O)(=O)c1ccccc1. The fraction of sp³-hybridized carbons (Fsp3) is 0.200. The topological polar surface area (TPSA) is 37.4 Å². The summed E-state index contributed by atoms with van der Waals surface area (Å²) in [6.07, 6.45) is 0. The van der Waals surface area contributed by atoms with Gasteiger partial charge in [-0.3, -0.25) is 4.31 Å². The molecule has 0 N–H and O–H groups in total. The highest BCUT2D eigenvalue weighted by Gasteiger charge is 2.41. The van der Waals surface area contributed by atoms with Crippen LogP contribution >= 0.6 is 15.9 Å². The highest BCUT2D eigenvalue weighted by molar-refractivity contribution is 9.09. The molecule has 2 aromatic carbocycles. The number of rotatable bonds is 2. The van der Waals surface area contributed by atoms with E-state index in [9.17, 15) is 8.42 Å². The molecule has 0 spiro atoms. The molecule has 0 amide bonds. The zero-order chi connectivity index (χ0) is 14.3. The molecule has 0 saturated heterocycles. The maximum Gasteiger partial charge on any atom is 0.264 e. The van der Waals surface area contributed by atoms with E-state index >= 15 is 0 Å². The molecule has 0 saturated carbocycles. The number of para-hydroxylation sites is 1. The second-order valence-electron chi connectivity index (χ2n) is 4.82. The summed E-state index contributed by atoms with van der Waals surface area (Å²) in [7, 11) is -3.53. The Morgan fingerprint density at radius 2 is 1.60 bits per heavy atom. The predicted molar refractivity (Wildman–Crippen MR) is 83.7 cm³/mol. The summed E-state index contributed by atoms with van der Waals surface area (Å²) in [5.41, 5.74) is 1.77. The molecule has 0 bridgehead atoms. The van der Waals surface area contributed by atoms with E-state index in [-0.39, 0.29) is 10.9 Å². The lowest BCUT2D eigenvalue weighted by Crippen LogP contribution is -2.36. The van der Waals surface area contributed by atoms with Gasteiger partial charge in [-0.25, -0.2) is 8.42 Å². The Morgan fingerprint density at radius 3 is 2.30 bits per heavy atom. The van der Waals surface area contributed by atoms with E-state index in [1.54, 1.807) is 24.3 Å². The molecule has 2 unspecified atom stereocenters. The summed E-state index contributed by atoms with van der Waals surface area (Å²) in [5.74, 6) is 0. The average Bonchev–Trinajstić information content (AvgIpc) is 2.73. The lowest BCUT2D eigenvalue weighted by Gasteiger charge is -2.25. The number of nitrogens with zero attached hydrogens (tertiary/aromatic N) is 1. The van der Waals surface area contributed by atoms with E-state index in [0.717, 1.165) is 11.3 Å². The van der Waals surface area contributed by atoms with E-state index in [2.05, 4.69) is 15.9 Å². The number of hydrogen-bond acceptors (Lipinski definition) is 2. The van der Waals surface area contributed by atoms with Crippen LogP contribution in [-0.4, -0.2) is 14.5 Å². The largest absolute Gasteiger partial charge is 0.264 e. The van der Waals surface area contributed by atoms with Crippen LogP contribution in [0.15, 0.2) is 59.5 Å². The second-order valence-corrected chi connectivity index (χ2v) is 7.62. The predicted octanol–water partition coefficient (Wildman–Crippen LogP) is 3.72. The number of hydrogen-bond donors (Lipinski definition) is 0. The highest BCUT2D eigenvalue weighted by atomic mass is 79.9. The van der Waals surface area contributed by atoms with Crippen LogP contribution in [0.4, 0.5) is 5.69 Å². The van der Waals surface area contributed by atoms with Gasteiger partial charge in [-0.2, -0.15) is 0 Å². The average molecular weight is 352 g/mol. The molecule has 3 rings (SSSR count). The Kier molecular flexibility index (Phi) is 3.34. The molecule has 104 valence electrons. The van der Waals surface area contributed by atoms with E-state index in [1.165, 1.54) is 4.31 Å². The minimum Gasteiger partial charge on any atom is -0.262 e. The minimum absolute atomic E-state index is 0.0113. The lowest BCUT2D eigenvalue weighted by atomic mass is 10.1. The van der Waals surface area contributed by atoms with E-state index < -0.39 is 10.0 Å². The first kappa shape index (κ1) is 13.6. The number of halogens is 1. The van der Waals surface area contributed by atoms with Gasteiger partial charge in [0.25, 0.3) is 10.0 Å². The van der Waals surface area contributed by atoms with Crippen molar-refractivity contribution < 1.29 is 8.42 Å². The van der Waals surface area contributed by atoms with Gasteiger partial charge in [0.1, 0.15) is 0 Å². The summed E-state index contributed by atoms with van der Waals surface area (Å²) in [6.45, 7) is 1.92. The van der Waals surface area contributed by atoms with E-state index in [0.29, 0.717) is 4.90 Å². The van der Waals surface area contributed by atoms with Crippen LogP contribution < -0.4 is 4.31 Å². The van der Waals surface area contributed by atoms with Crippen LogP contribution in [0.5, 0.6) is 0 Å². The number of benzene rings is 2. The zero-order valence-corrected chi connectivity index (χ0v) is 13.3. The normalized spacial score (nSPS) is 21.8. The number of alkyl halides is 1. The molecule has 0 aromatic heterocycles. The Labute approximate surface area is 127 Å². The maximum atomic E-state index is 12.9. The van der Waals surface area contributed by atoms with Crippen LogP contribution in [0.2, 0.25) is 0 Å². The van der Waals surface area contributed by atoms with Gasteiger partial charge < -0.3 is 0 Å². The monoisotopic (exact) mass is 351 g/mol. The molecule has 1 aliphatic rings. The first-order valence-electron chi connectivity index (χ1n) is 6.36. The Morgan fingerprint density at radius 1 is 1.00 bits per heavy atom. The summed E-state index contributed by atoms with van der Waals surface area (Å²) < 4.78 is 27.2. The first-order valence-corrected chi connectivity index (χ1v) is 8.71. The molecule has 0 radical (unpaired) electrons. The van der Waals surface area contributed by atoms with Crippen molar-refractivity contribution in [3.63, 3.8) is 0 Å². The van der Waals surface area contributed by atoms with Gasteiger partial charge in [0.2, 0.25) is 0 Å². The summed E-state index contributed by atoms with van der Waals surface area (Å²) in [6, 6.07) is 16.0. The fourth-order valence-electron chi connectivity index (χ4n) is 2.57. The van der Waals surface area contributed by atoms with Crippen molar-refractivity contribution in [1.82, 2.24) is 0 Å². The summed E-state index contributed by atoms with van der Waals surface area (Å²) in [5, 5.41) is 0. The Bertz CT molecular complexity index is 731. The van der Waals surface area contributed by atoms with Crippen LogP contribution in [0.1, 0.15) is 17.3 Å². The highest BCUT2D eigenvalue weighted by Crippen LogP contribution is 2.46. The third-order valence-corrected chi connectivity index (χ3v) is 6.74. The third kappa shape index (κ3) is 1.96. The molecule has 2 atom stereocenters. The van der Waals surface area contributed by atoms with Gasteiger partial charge in [-0.05, 0) is 30.7 Å². The second kappa shape index (κ2) is 4.90. The van der Waals surface area contributed by atoms with Gasteiger partial charge in [-0.1, -0.05) is 52.3 Å². The van der Waals surface area contributed by atoms with Crippen LogP contribution in [0.3, 0.4) is 0 Å². The molecule has 1 heterocycles. The Balaban J connectivity index is 2.16. The smallest absolute Gasteiger partial charge is 0.262 e. The summed E-state index contributed by atoms with van der Waals surface area (Å²) >= 11 is 3.60. The zero-order valence-electron chi connectivity index (χ0n) is 10.9. The minimum atomic E-state index is -3.53. The van der Waals surface area contributed by atoms with E-state index in [1.807, 2.05) is 37.3 Å². The molecule has 5 heteroatoms. The van der Waals surface area contributed by atoms with Crippen molar-refractivity contribution >= 4 is 31.6 Å². The third-order valence-electron chi connectivity index (χ3n) is 3.56. The maximum absolute atomic E-state index is 12.9. The first-order chi connectivity index (χ1) is 9.53. The molecular weight excluding hydrogens is 338 g/mol. The fourth-order valence-corrected chi connectivity index (χ4v) is 5.07. The molecular formula is C15H14BrNO2S. The van der Waals surface area contributed by atoms with Crippen LogP contribution in [0, 0.1) is 0 Å². The van der Waals surface area contributed by atoms with Crippen molar-refractivity contribution in [2.24, 2.45) is 0 Å². The molecule has 20 heavy (non-hydrogen) atoms. The van der Waals surface area contributed by atoms with Gasteiger partial charge in [0.15, 0.2) is 0 Å². The molecule has 0 aliphatic carbocycles. The lowest BCUT2D eigenvalue weighted by molar-refractivity contribution is 0.584. The Hall–Kier alpha value is -1.33. The van der Waals surface area contributed by atoms with Gasteiger partial charge in [0, 0.05) is 0 Å². The van der Waals surface area contributed by atoms with E-state index in [4.69, 9.17) is 0 Å². The number of sulfonamides is 1. The van der Waals surface area contributed by atoms with Gasteiger partial charge in [-0.15, -0.1) is 0 Å². The van der Waals surface area contributed by atoms with Crippen LogP contribution in [-0.2, 0) is 10.0 Å². The number of fused-ring (bicyclic) bond motifs is 1. The summed E-state index contributed by atoms with van der Waals surface area (Å²) in [4.78, 5) is 0.334. The molecule has 2 aromatic rings. The molecule has 0 fully saturated rings. The van der Waals surface area contributed by atoms with Crippen molar-refractivity contribution in [1.29, 1.82) is 0 Å². The van der Waals surface area contributed by atoms with Gasteiger partial charge in [0.05, 0.1) is 21.5 Å².